The first-order valence-corrected chi connectivity index (χ1v) is 3.02. The van der Waals surface area contributed by atoms with Gasteiger partial charge in [-0.1, -0.05) is 42.5 Å². The predicted molar refractivity (Wildman–Crippen MR) is 41.2 cm³/mol. The summed E-state index contributed by atoms with van der Waals surface area (Å²) in [6.07, 6.45) is 0. The number of nitrogens with one attached hydrogen (secondary N) is 1. The zero-order valence-corrected chi connectivity index (χ0v) is 5.61. The molecule has 0 amide bonds. The Morgan fingerprint density at radius 1 is 1.22 bits per heavy atom. The lowest BCUT2D eigenvalue weighted by molar-refractivity contribution is 1.60. The molecular formula is C7H6NS. The summed E-state index contributed by atoms with van der Waals surface area (Å²) in [5.41, 5.74) is 7.86. The molecule has 9 heavy (non-hydrogen) atoms. The summed E-state index contributed by atoms with van der Waals surface area (Å²) in [5, 5.41) is 0. The van der Waals surface area contributed by atoms with E-state index in [0.29, 0.717) is 0 Å². The Morgan fingerprint density at radius 2 is 1.78 bits per heavy atom. The van der Waals surface area contributed by atoms with Crippen LogP contribution in [-0.2, 0) is 0 Å². The minimum absolute atomic E-state index is 0.204. The van der Waals surface area contributed by atoms with E-state index < -0.39 is 0 Å². The van der Waals surface area contributed by atoms with E-state index in [-0.39, 0.29) is 4.99 Å². The fourth-order valence-corrected chi connectivity index (χ4v) is 0.726. The van der Waals surface area contributed by atoms with E-state index >= 15 is 0 Å². The van der Waals surface area contributed by atoms with Gasteiger partial charge in [-0.15, -0.1) is 0 Å². The summed E-state index contributed by atoms with van der Waals surface area (Å²) in [5.74, 6) is 0. The van der Waals surface area contributed by atoms with Crippen LogP contribution in [0.3, 0.4) is 0 Å². The first kappa shape index (κ1) is 6.23. The van der Waals surface area contributed by atoms with Gasteiger partial charge in [0.2, 0.25) is 0 Å². The summed E-state index contributed by atoms with van der Waals surface area (Å²) in [7, 11) is 0. The standard InChI is InChI=1S/C7H6NS/c8-7(9)6-4-2-1-3-5-6/h1-5,8H. The highest BCUT2D eigenvalue weighted by molar-refractivity contribution is 7.80. The molecule has 0 spiro atoms. The molecule has 0 saturated heterocycles. The van der Waals surface area contributed by atoms with Gasteiger partial charge < -0.3 is 0 Å². The maximum Gasteiger partial charge on any atom is 0.125 e. The molecular weight excluding hydrogens is 130 g/mol. The molecule has 0 unspecified atom stereocenters. The van der Waals surface area contributed by atoms with Crippen LogP contribution in [0.4, 0.5) is 0 Å². The zero-order chi connectivity index (χ0) is 6.69. The van der Waals surface area contributed by atoms with Crippen molar-refractivity contribution in [1.29, 1.82) is 0 Å². The number of benzene rings is 1. The molecule has 1 aromatic rings. The predicted octanol–water partition coefficient (Wildman–Crippen LogP) is 1.65. The molecule has 0 aromatic heterocycles. The van der Waals surface area contributed by atoms with Gasteiger partial charge in [0.1, 0.15) is 4.99 Å². The molecule has 0 aliphatic heterocycles. The van der Waals surface area contributed by atoms with Crippen LogP contribution >= 0.6 is 12.2 Å². The van der Waals surface area contributed by atoms with E-state index in [9.17, 15) is 0 Å². The van der Waals surface area contributed by atoms with Crippen molar-refractivity contribution in [1.82, 2.24) is 5.73 Å². The van der Waals surface area contributed by atoms with Crippen molar-refractivity contribution in [2.24, 2.45) is 0 Å². The van der Waals surface area contributed by atoms with E-state index in [1.165, 1.54) is 0 Å². The van der Waals surface area contributed by atoms with Crippen LogP contribution < -0.4 is 5.73 Å². The highest BCUT2D eigenvalue weighted by Gasteiger charge is 1.90. The van der Waals surface area contributed by atoms with E-state index in [2.05, 4.69) is 12.2 Å². The van der Waals surface area contributed by atoms with Crippen LogP contribution in [0.5, 0.6) is 0 Å². The third-order valence-electron chi connectivity index (χ3n) is 1.04. The van der Waals surface area contributed by atoms with E-state index in [4.69, 9.17) is 5.73 Å². The third kappa shape index (κ3) is 1.50. The molecule has 1 aromatic carbocycles. The Kier molecular flexibility index (Phi) is 1.80. The molecule has 0 saturated carbocycles. The van der Waals surface area contributed by atoms with E-state index in [1.807, 2.05) is 30.3 Å². The van der Waals surface area contributed by atoms with E-state index in [1.54, 1.807) is 0 Å². The molecule has 1 N–H and O–H groups in total. The van der Waals surface area contributed by atoms with Crippen LogP contribution in [0.2, 0.25) is 0 Å². The fourth-order valence-electron chi connectivity index (χ4n) is 0.590. The van der Waals surface area contributed by atoms with Crippen LogP contribution in [0.15, 0.2) is 30.3 Å². The fraction of sp³-hybridized carbons (Fsp3) is 0. The topological polar surface area (TPSA) is 23.8 Å². The lowest BCUT2D eigenvalue weighted by Gasteiger charge is -1.91. The van der Waals surface area contributed by atoms with Crippen LogP contribution in [0, 0.1) is 0 Å². The van der Waals surface area contributed by atoms with Gasteiger partial charge in [-0.3, -0.25) is 5.73 Å². The van der Waals surface area contributed by atoms with Crippen LogP contribution in [0.25, 0.3) is 0 Å². The van der Waals surface area contributed by atoms with Crippen molar-refractivity contribution in [3.05, 3.63) is 35.9 Å². The maximum absolute atomic E-state index is 7.05. The van der Waals surface area contributed by atoms with Crippen LogP contribution in [0.1, 0.15) is 5.56 Å². The SMILES string of the molecule is [NH]C(=S)c1ccccc1. The summed E-state index contributed by atoms with van der Waals surface area (Å²) < 4.78 is 0. The Labute approximate surface area is 59.5 Å². The zero-order valence-electron chi connectivity index (χ0n) is 4.79. The average molecular weight is 136 g/mol. The lowest BCUT2D eigenvalue weighted by Crippen LogP contribution is -1.94. The number of hydrogen-bond donors (Lipinski definition) is 0. The Hall–Kier alpha value is -0.890. The van der Waals surface area contributed by atoms with E-state index in [0.717, 1.165) is 5.56 Å². The molecule has 0 heterocycles. The largest absolute Gasteiger partial charge is 0.289 e. The second-order valence-electron chi connectivity index (χ2n) is 1.70. The molecule has 1 rings (SSSR count). The van der Waals surface area contributed by atoms with Crippen molar-refractivity contribution >= 4 is 17.2 Å². The first-order chi connectivity index (χ1) is 4.30. The second kappa shape index (κ2) is 2.60. The lowest BCUT2D eigenvalue weighted by atomic mass is 10.2. The first-order valence-electron chi connectivity index (χ1n) is 2.61. The molecule has 0 bridgehead atoms. The molecule has 0 aliphatic carbocycles. The highest BCUT2D eigenvalue weighted by Crippen LogP contribution is 1.97. The third-order valence-corrected chi connectivity index (χ3v) is 1.27. The Balaban J connectivity index is 2.98. The van der Waals surface area contributed by atoms with Gasteiger partial charge in [0.05, 0.1) is 0 Å². The molecule has 0 aliphatic rings. The van der Waals surface area contributed by atoms with Crippen molar-refractivity contribution in [3.8, 4) is 0 Å². The van der Waals surface area contributed by atoms with Gasteiger partial charge in [0.15, 0.2) is 0 Å². The molecule has 0 atom stereocenters. The van der Waals surface area contributed by atoms with Crippen molar-refractivity contribution in [2.45, 2.75) is 0 Å². The quantitative estimate of drug-likeness (QED) is 0.538. The van der Waals surface area contributed by atoms with Gasteiger partial charge >= 0.3 is 0 Å². The van der Waals surface area contributed by atoms with Gasteiger partial charge in [0.25, 0.3) is 0 Å². The minimum Gasteiger partial charge on any atom is -0.289 e. The van der Waals surface area contributed by atoms with Crippen molar-refractivity contribution < 1.29 is 0 Å². The van der Waals surface area contributed by atoms with Crippen molar-refractivity contribution in [2.75, 3.05) is 0 Å². The van der Waals surface area contributed by atoms with Crippen LogP contribution in [-0.4, -0.2) is 4.99 Å². The second-order valence-corrected chi connectivity index (χ2v) is 2.10. The van der Waals surface area contributed by atoms with Crippen molar-refractivity contribution in [3.63, 3.8) is 0 Å². The van der Waals surface area contributed by atoms with Gasteiger partial charge in [0, 0.05) is 5.56 Å². The molecule has 2 heteroatoms. The number of hydrogen-bond acceptors (Lipinski definition) is 1. The summed E-state index contributed by atoms with van der Waals surface area (Å²) in [6, 6.07) is 9.30. The molecule has 1 nitrogen and oxygen atoms in total. The number of thiocarbonyl (C=S) groups is 1. The Morgan fingerprint density at radius 3 is 2.11 bits per heavy atom. The summed E-state index contributed by atoms with van der Waals surface area (Å²) >= 11 is 4.63. The number of rotatable bonds is 1. The highest BCUT2D eigenvalue weighted by atomic mass is 32.1. The Bertz CT molecular complexity index is 205. The monoisotopic (exact) mass is 136 g/mol. The molecule has 0 fully saturated rings. The minimum atomic E-state index is 0.204. The molecule has 45 valence electrons. The smallest absolute Gasteiger partial charge is 0.125 e. The summed E-state index contributed by atoms with van der Waals surface area (Å²) in [6.45, 7) is 0. The normalized spacial score (nSPS) is 8.89. The van der Waals surface area contributed by atoms with Gasteiger partial charge in [-0.05, 0) is 0 Å². The van der Waals surface area contributed by atoms with Gasteiger partial charge in [-0.25, -0.2) is 0 Å². The molecule has 1 radical (unpaired) electrons. The van der Waals surface area contributed by atoms with Gasteiger partial charge in [-0.2, -0.15) is 0 Å². The maximum atomic E-state index is 7.05. The summed E-state index contributed by atoms with van der Waals surface area (Å²) in [4.78, 5) is 0.204. The average Bonchev–Trinajstić information content (AvgIpc) is 1.90.